The Balaban J connectivity index is 1.93. The van der Waals surface area contributed by atoms with Gasteiger partial charge >= 0.3 is 5.97 Å². The second-order valence-electron chi connectivity index (χ2n) is 6.24. The van der Waals surface area contributed by atoms with Gasteiger partial charge in [-0.15, -0.1) is 0 Å². The number of likely N-dealkylation sites (tertiary alicyclic amines) is 1. The highest BCUT2D eigenvalue weighted by molar-refractivity contribution is 6.33. The maximum absolute atomic E-state index is 12.3. The Bertz CT molecular complexity index is 652. The first-order chi connectivity index (χ1) is 11.3. The maximum Gasteiger partial charge on any atom is 0.337 e. The summed E-state index contributed by atoms with van der Waals surface area (Å²) < 4.78 is 0. The molecule has 0 aromatic heterocycles. The standard InChI is InChI=1S/C17H21ClN2O4/c1-10(2)16(22)20-7-5-11(6-8-20)15(21)19-12-3-4-13(17(23)24)14(18)9-12/h3-4,9-11H,5-8H2,1-2H3,(H,19,21)(H,23,24). The average molecular weight is 353 g/mol. The van der Waals surface area contributed by atoms with Crippen LogP contribution in [0.5, 0.6) is 0 Å². The Morgan fingerprint density at radius 3 is 2.38 bits per heavy atom. The highest BCUT2D eigenvalue weighted by Crippen LogP contribution is 2.24. The molecule has 0 unspecified atom stereocenters. The number of benzene rings is 1. The number of hydrogen-bond donors (Lipinski definition) is 2. The first-order valence-corrected chi connectivity index (χ1v) is 8.30. The number of piperidine rings is 1. The van der Waals surface area contributed by atoms with Gasteiger partial charge in [-0.3, -0.25) is 9.59 Å². The topological polar surface area (TPSA) is 86.7 Å². The highest BCUT2D eigenvalue weighted by Gasteiger charge is 2.28. The number of carbonyl (C=O) groups excluding carboxylic acids is 2. The molecule has 130 valence electrons. The molecule has 7 heteroatoms. The van der Waals surface area contributed by atoms with Crippen LogP contribution in [0.2, 0.25) is 5.02 Å². The van der Waals surface area contributed by atoms with Gasteiger partial charge in [-0.25, -0.2) is 4.79 Å². The van der Waals surface area contributed by atoms with Crippen LogP contribution in [0.25, 0.3) is 0 Å². The van der Waals surface area contributed by atoms with Crippen molar-refractivity contribution in [1.82, 2.24) is 4.90 Å². The lowest BCUT2D eigenvalue weighted by atomic mass is 9.95. The third-order valence-electron chi connectivity index (χ3n) is 4.14. The molecule has 1 heterocycles. The van der Waals surface area contributed by atoms with Crippen molar-refractivity contribution in [2.24, 2.45) is 11.8 Å². The number of carboxylic acids is 1. The number of anilines is 1. The summed E-state index contributed by atoms with van der Waals surface area (Å²) in [5.41, 5.74) is 0.464. The largest absolute Gasteiger partial charge is 0.478 e. The van der Waals surface area contributed by atoms with Crippen molar-refractivity contribution >= 4 is 35.1 Å². The Kier molecular flexibility index (Phi) is 5.83. The van der Waals surface area contributed by atoms with Gasteiger partial charge in [0.25, 0.3) is 0 Å². The molecular weight excluding hydrogens is 332 g/mol. The molecule has 1 aromatic carbocycles. The fourth-order valence-electron chi connectivity index (χ4n) is 2.74. The predicted octanol–water partition coefficient (Wildman–Crippen LogP) is 2.87. The monoisotopic (exact) mass is 352 g/mol. The van der Waals surface area contributed by atoms with Gasteiger partial charge in [0.05, 0.1) is 10.6 Å². The van der Waals surface area contributed by atoms with Gasteiger partial charge in [0.15, 0.2) is 0 Å². The molecule has 2 rings (SSSR count). The molecule has 0 saturated carbocycles. The number of hydrogen-bond acceptors (Lipinski definition) is 3. The Morgan fingerprint density at radius 1 is 1.25 bits per heavy atom. The van der Waals surface area contributed by atoms with Crippen LogP contribution < -0.4 is 5.32 Å². The van der Waals surface area contributed by atoms with E-state index in [4.69, 9.17) is 16.7 Å². The number of nitrogens with zero attached hydrogens (tertiary/aromatic N) is 1. The zero-order chi connectivity index (χ0) is 17.9. The second-order valence-corrected chi connectivity index (χ2v) is 6.65. The fraction of sp³-hybridized carbons (Fsp3) is 0.471. The summed E-state index contributed by atoms with van der Waals surface area (Å²) >= 11 is 5.90. The van der Waals surface area contributed by atoms with Crippen molar-refractivity contribution in [3.05, 3.63) is 28.8 Å². The van der Waals surface area contributed by atoms with Crippen molar-refractivity contribution < 1.29 is 19.5 Å². The summed E-state index contributed by atoms with van der Waals surface area (Å²) in [6.45, 7) is 4.89. The summed E-state index contributed by atoms with van der Waals surface area (Å²) in [6.07, 6.45) is 1.23. The lowest BCUT2D eigenvalue weighted by Crippen LogP contribution is -2.43. The van der Waals surface area contributed by atoms with Crippen LogP contribution in [-0.4, -0.2) is 40.9 Å². The number of rotatable bonds is 4. The van der Waals surface area contributed by atoms with Crippen molar-refractivity contribution in [2.45, 2.75) is 26.7 Å². The Morgan fingerprint density at radius 2 is 1.88 bits per heavy atom. The van der Waals surface area contributed by atoms with Gasteiger partial charge in [-0.05, 0) is 31.0 Å². The number of nitrogens with one attached hydrogen (secondary N) is 1. The molecule has 2 N–H and O–H groups in total. The zero-order valence-corrected chi connectivity index (χ0v) is 14.5. The van der Waals surface area contributed by atoms with Crippen LogP contribution in [0.3, 0.4) is 0 Å². The number of aromatic carboxylic acids is 1. The Labute approximate surface area is 145 Å². The van der Waals surface area contributed by atoms with Gasteiger partial charge in [0.2, 0.25) is 11.8 Å². The summed E-state index contributed by atoms with van der Waals surface area (Å²) in [7, 11) is 0. The van der Waals surface area contributed by atoms with Crippen molar-refractivity contribution in [3.63, 3.8) is 0 Å². The van der Waals surface area contributed by atoms with Crippen LogP contribution >= 0.6 is 11.6 Å². The summed E-state index contributed by atoms with van der Waals surface area (Å²) in [5.74, 6) is -1.33. The molecule has 6 nitrogen and oxygen atoms in total. The number of carbonyl (C=O) groups is 3. The van der Waals surface area contributed by atoms with E-state index < -0.39 is 5.97 Å². The molecule has 1 aromatic rings. The summed E-state index contributed by atoms with van der Waals surface area (Å²) in [5, 5.41) is 11.8. The van der Waals surface area contributed by atoms with Crippen LogP contribution in [0.4, 0.5) is 5.69 Å². The minimum Gasteiger partial charge on any atom is -0.478 e. The van der Waals surface area contributed by atoms with Crippen LogP contribution in [0.1, 0.15) is 37.0 Å². The van der Waals surface area contributed by atoms with Crippen LogP contribution in [0.15, 0.2) is 18.2 Å². The quantitative estimate of drug-likeness (QED) is 0.872. The van der Waals surface area contributed by atoms with Crippen LogP contribution in [-0.2, 0) is 9.59 Å². The average Bonchev–Trinajstić information content (AvgIpc) is 2.53. The molecule has 1 fully saturated rings. The number of carboxylic acid groups (broad SMARTS) is 1. The molecule has 1 saturated heterocycles. The first-order valence-electron chi connectivity index (χ1n) is 7.92. The van der Waals surface area contributed by atoms with Crippen molar-refractivity contribution in [3.8, 4) is 0 Å². The van der Waals surface area contributed by atoms with Gasteiger partial charge in [0, 0.05) is 30.6 Å². The second kappa shape index (κ2) is 7.66. The van der Waals surface area contributed by atoms with E-state index in [0.717, 1.165) is 0 Å². The molecule has 0 atom stereocenters. The van der Waals surface area contributed by atoms with E-state index in [1.165, 1.54) is 18.2 Å². The molecule has 0 bridgehead atoms. The van der Waals surface area contributed by atoms with E-state index in [1.54, 1.807) is 4.90 Å². The minimum atomic E-state index is -1.11. The normalized spacial score (nSPS) is 15.4. The van der Waals surface area contributed by atoms with Crippen molar-refractivity contribution in [2.75, 3.05) is 18.4 Å². The first kappa shape index (κ1) is 18.3. The Hall–Kier alpha value is -2.08. The zero-order valence-electron chi connectivity index (χ0n) is 13.7. The van der Waals surface area contributed by atoms with E-state index in [9.17, 15) is 14.4 Å². The number of halogens is 1. The van der Waals surface area contributed by atoms with Gasteiger partial charge < -0.3 is 15.3 Å². The van der Waals surface area contributed by atoms with Gasteiger partial charge in [-0.1, -0.05) is 25.4 Å². The molecular formula is C17H21ClN2O4. The third kappa shape index (κ3) is 4.26. The minimum absolute atomic E-state index is 0.00447. The lowest BCUT2D eigenvalue weighted by molar-refractivity contribution is -0.137. The van der Waals surface area contributed by atoms with Crippen LogP contribution in [0, 0.1) is 11.8 Å². The lowest BCUT2D eigenvalue weighted by Gasteiger charge is -2.32. The van der Waals surface area contributed by atoms with E-state index in [1.807, 2.05) is 13.8 Å². The van der Waals surface area contributed by atoms with Crippen molar-refractivity contribution in [1.29, 1.82) is 0 Å². The maximum atomic E-state index is 12.3. The summed E-state index contributed by atoms with van der Waals surface area (Å²) in [4.78, 5) is 37.0. The smallest absolute Gasteiger partial charge is 0.337 e. The molecule has 1 aliphatic heterocycles. The fourth-order valence-corrected chi connectivity index (χ4v) is 3.00. The van der Waals surface area contributed by atoms with E-state index in [2.05, 4.69) is 5.32 Å². The molecule has 0 spiro atoms. The third-order valence-corrected chi connectivity index (χ3v) is 4.45. The molecule has 0 radical (unpaired) electrons. The van der Waals surface area contributed by atoms with Gasteiger partial charge in [-0.2, -0.15) is 0 Å². The molecule has 1 aliphatic rings. The van der Waals surface area contributed by atoms with E-state index in [-0.39, 0.29) is 34.2 Å². The summed E-state index contributed by atoms with van der Waals surface area (Å²) in [6, 6.07) is 4.31. The van der Waals surface area contributed by atoms with Gasteiger partial charge in [0.1, 0.15) is 0 Å². The highest BCUT2D eigenvalue weighted by atomic mass is 35.5. The van der Waals surface area contributed by atoms with E-state index in [0.29, 0.717) is 31.6 Å². The molecule has 2 amide bonds. The van der Waals surface area contributed by atoms with E-state index >= 15 is 0 Å². The predicted molar refractivity (Wildman–Crippen MR) is 91.2 cm³/mol. The SMILES string of the molecule is CC(C)C(=O)N1CCC(C(=O)Nc2ccc(C(=O)O)c(Cl)c2)CC1. The molecule has 0 aliphatic carbocycles. The molecule has 24 heavy (non-hydrogen) atoms. The number of amides is 2.